The topological polar surface area (TPSA) is 78.8 Å². The van der Waals surface area contributed by atoms with E-state index in [-0.39, 0.29) is 11.7 Å². The van der Waals surface area contributed by atoms with Gasteiger partial charge in [-0.05, 0) is 78.9 Å². The molecule has 7 nitrogen and oxygen atoms in total. The second-order valence-corrected chi connectivity index (χ2v) is 9.17. The van der Waals surface area contributed by atoms with E-state index in [9.17, 15) is 9.90 Å². The summed E-state index contributed by atoms with van der Waals surface area (Å²) in [6.07, 6.45) is 3.70. The van der Waals surface area contributed by atoms with Gasteiger partial charge in [0, 0.05) is 28.8 Å². The van der Waals surface area contributed by atoms with Crippen LogP contribution in [0.1, 0.15) is 10.4 Å². The summed E-state index contributed by atoms with van der Waals surface area (Å²) < 4.78 is 7.96. The third kappa shape index (κ3) is 5.30. The number of hydrogen-bond donors (Lipinski definition) is 3. The predicted molar refractivity (Wildman–Crippen MR) is 147 cm³/mol. The van der Waals surface area contributed by atoms with Gasteiger partial charge in [0.25, 0.3) is 0 Å². The number of para-hydroxylation sites is 1. The Kier molecular flexibility index (Phi) is 6.79. The number of carbonyl (C=O) groups is 1. The van der Waals surface area contributed by atoms with Crippen molar-refractivity contribution < 1.29 is 14.6 Å². The van der Waals surface area contributed by atoms with Crippen LogP contribution in [-0.2, 0) is 0 Å². The first-order chi connectivity index (χ1) is 17.5. The molecule has 5 rings (SSSR count). The zero-order valence-electron chi connectivity index (χ0n) is 19.1. The molecule has 0 spiro atoms. The Morgan fingerprint density at radius 1 is 0.944 bits per heavy atom. The lowest BCUT2D eigenvalue weighted by molar-refractivity contribution is 0.0697. The average molecular weight is 519 g/mol. The van der Waals surface area contributed by atoms with E-state index < -0.39 is 5.97 Å². The summed E-state index contributed by atoms with van der Waals surface area (Å²) in [4.78, 5) is 14.0. The van der Waals surface area contributed by atoms with Crippen LogP contribution < -0.4 is 20.3 Å². The van der Waals surface area contributed by atoms with Crippen molar-refractivity contribution in [3.8, 4) is 11.4 Å². The Morgan fingerprint density at radius 3 is 2.33 bits per heavy atom. The van der Waals surface area contributed by atoms with Gasteiger partial charge in [-0.3, -0.25) is 0 Å². The van der Waals surface area contributed by atoms with E-state index in [1.165, 1.54) is 0 Å². The smallest absolute Gasteiger partial charge is 0.337 e. The number of rotatable bonds is 7. The number of benzene rings is 3. The number of nitrogens with zero attached hydrogens (tertiary/aromatic N) is 2. The maximum absolute atomic E-state index is 11.8. The lowest BCUT2D eigenvalue weighted by Crippen LogP contribution is -2.54. The quantitative estimate of drug-likeness (QED) is 0.263. The fourth-order valence-corrected chi connectivity index (χ4v) is 4.52. The highest BCUT2D eigenvalue weighted by molar-refractivity contribution is 7.80. The summed E-state index contributed by atoms with van der Waals surface area (Å²) in [5.74, 6) is -0.200. The van der Waals surface area contributed by atoms with Gasteiger partial charge in [-0.15, -0.1) is 0 Å². The standard InChI is InChI=1S/C27H23ClN4O3S/c28-18-5-3-6-20(15-18)30-27(36)29-19-9-11-21(12-10-19)35-22-16-32(17-22)24-8-4-7-23(26(33)34)25(24)31-13-1-2-14-31/h1-15,22H,16-17H2,(H,33,34)(H2,29,30,36). The van der Waals surface area contributed by atoms with Gasteiger partial charge in [0.1, 0.15) is 11.9 Å². The summed E-state index contributed by atoms with van der Waals surface area (Å²) in [5, 5.41) is 17.0. The maximum atomic E-state index is 11.8. The van der Waals surface area contributed by atoms with E-state index >= 15 is 0 Å². The zero-order valence-corrected chi connectivity index (χ0v) is 20.7. The SMILES string of the molecule is O=C(O)c1cccc(N2CC(Oc3ccc(NC(=S)Nc4cccc(Cl)c4)cc3)C2)c1-n1cccc1. The van der Waals surface area contributed by atoms with Gasteiger partial charge in [-0.1, -0.05) is 23.7 Å². The van der Waals surface area contributed by atoms with Crippen LogP contribution in [0.4, 0.5) is 17.1 Å². The van der Waals surface area contributed by atoms with E-state index in [2.05, 4.69) is 15.5 Å². The van der Waals surface area contributed by atoms with E-state index in [0.29, 0.717) is 28.9 Å². The minimum atomic E-state index is -0.954. The number of anilines is 3. The summed E-state index contributed by atoms with van der Waals surface area (Å²) in [7, 11) is 0. The number of nitrogens with one attached hydrogen (secondary N) is 2. The van der Waals surface area contributed by atoms with Crippen molar-refractivity contribution in [3.05, 3.63) is 102 Å². The van der Waals surface area contributed by atoms with Crippen molar-refractivity contribution in [3.63, 3.8) is 0 Å². The molecule has 1 fully saturated rings. The highest BCUT2D eigenvalue weighted by atomic mass is 35.5. The molecule has 4 aromatic rings. The molecule has 3 N–H and O–H groups in total. The van der Waals surface area contributed by atoms with Gasteiger partial charge in [-0.2, -0.15) is 0 Å². The van der Waals surface area contributed by atoms with Crippen LogP contribution in [0.15, 0.2) is 91.3 Å². The normalized spacial score (nSPS) is 13.1. The molecule has 182 valence electrons. The molecule has 3 aromatic carbocycles. The molecule has 2 heterocycles. The lowest BCUT2D eigenvalue weighted by Gasteiger charge is -2.41. The summed E-state index contributed by atoms with van der Waals surface area (Å²) in [6, 6.07) is 24.0. The number of carboxylic acids is 1. The lowest BCUT2D eigenvalue weighted by atomic mass is 10.1. The Hall–Kier alpha value is -4.01. The molecule has 1 saturated heterocycles. The average Bonchev–Trinajstić information content (AvgIpc) is 3.36. The van der Waals surface area contributed by atoms with Crippen molar-refractivity contribution in [2.45, 2.75) is 6.10 Å². The molecule has 0 unspecified atom stereocenters. The molecule has 1 aliphatic heterocycles. The Bertz CT molecular complexity index is 1390. The van der Waals surface area contributed by atoms with E-state index in [4.69, 9.17) is 28.6 Å². The van der Waals surface area contributed by atoms with Crippen molar-refractivity contribution in [2.24, 2.45) is 0 Å². The summed E-state index contributed by atoms with van der Waals surface area (Å²) >= 11 is 11.4. The van der Waals surface area contributed by atoms with E-state index in [0.717, 1.165) is 22.8 Å². The molecule has 0 bridgehead atoms. The fraction of sp³-hybridized carbons (Fsp3) is 0.111. The van der Waals surface area contributed by atoms with Crippen molar-refractivity contribution in [1.29, 1.82) is 0 Å². The predicted octanol–water partition coefficient (Wildman–Crippen LogP) is 5.91. The van der Waals surface area contributed by atoms with E-state index in [1.807, 2.05) is 71.6 Å². The number of thiocarbonyl (C=S) groups is 1. The van der Waals surface area contributed by atoms with Gasteiger partial charge in [0.2, 0.25) is 0 Å². The third-order valence-electron chi connectivity index (χ3n) is 5.79. The Labute approximate surface area is 218 Å². The zero-order chi connectivity index (χ0) is 25.1. The molecule has 0 saturated carbocycles. The Morgan fingerprint density at radius 2 is 1.64 bits per heavy atom. The largest absolute Gasteiger partial charge is 0.487 e. The van der Waals surface area contributed by atoms with Gasteiger partial charge >= 0.3 is 5.97 Å². The van der Waals surface area contributed by atoms with Crippen LogP contribution in [0.3, 0.4) is 0 Å². The molecule has 0 radical (unpaired) electrons. The van der Waals surface area contributed by atoms with Gasteiger partial charge < -0.3 is 29.9 Å². The number of aromatic carboxylic acids is 1. The number of halogens is 1. The van der Waals surface area contributed by atoms with Gasteiger partial charge in [0.15, 0.2) is 5.11 Å². The molecule has 1 aliphatic rings. The second kappa shape index (κ2) is 10.3. The van der Waals surface area contributed by atoms with E-state index in [1.54, 1.807) is 24.3 Å². The first-order valence-electron chi connectivity index (χ1n) is 11.3. The molecular weight excluding hydrogens is 496 g/mol. The van der Waals surface area contributed by atoms with Crippen LogP contribution in [0, 0.1) is 0 Å². The Balaban J connectivity index is 1.18. The van der Waals surface area contributed by atoms with Gasteiger partial charge in [0.05, 0.1) is 30.0 Å². The van der Waals surface area contributed by atoms with Crippen LogP contribution in [0.2, 0.25) is 5.02 Å². The molecular formula is C27H23ClN4O3S. The highest BCUT2D eigenvalue weighted by Crippen LogP contribution is 2.33. The van der Waals surface area contributed by atoms with Crippen molar-refractivity contribution in [1.82, 2.24) is 4.57 Å². The number of hydrogen-bond acceptors (Lipinski definition) is 4. The first-order valence-corrected chi connectivity index (χ1v) is 12.1. The van der Waals surface area contributed by atoms with Crippen LogP contribution in [0.25, 0.3) is 5.69 Å². The minimum Gasteiger partial charge on any atom is -0.487 e. The number of carboxylic acid groups (broad SMARTS) is 1. The summed E-state index contributed by atoms with van der Waals surface area (Å²) in [6.45, 7) is 1.32. The number of ether oxygens (including phenoxy) is 1. The van der Waals surface area contributed by atoms with Crippen molar-refractivity contribution in [2.75, 3.05) is 28.6 Å². The highest BCUT2D eigenvalue weighted by Gasteiger charge is 2.31. The minimum absolute atomic E-state index is 0.000350. The molecule has 36 heavy (non-hydrogen) atoms. The van der Waals surface area contributed by atoms with Crippen LogP contribution >= 0.6 is 23.8 Å². The summed E-state index contributed by atoms with van der Waals surface area (Å²) in [5.41, 5.74) is 3.43. The maximum Gasteiger partial charge on any atom is 0.337 e. The second-order valence-electron chi connectivity index (χ2n) is 8.33. The van der Waals surface area contributed by atoms with Crippen LogP contribution in [-0.4, -0.2) is 39.9 Å². The molecule has 1 aromatic heterocycles. The first kappa shape index (κ1) is 23.7. The monoisotopic (exact) mass is 518 g/mol. The fourth-order valence-electron chi connectivity index (χ4n) is 4.09. The molecule has 0 atom stereocenters. The number of aromatic nitrogens is 1. The molecule has 0 amide bonds. The van der Waals surface area contributed by atoms with Crippen LogP contribution in [0.5, 0.6) is 5.75 Å². The molecule has 0 aliphatic carbocycles. The van der Waals surface area contributed by atoms with Gasteiger partial charge in [-0.25, -0.2) is 4.79 Å². The molecule has 9 heteroatoms. The third-order valence-corrected chi connectivity index (χ3v) is 6.23. The van der Waals surface area contributed by atoms with Crippen molar-refractivity contribution >= 4 is 52.0 Å².